The lowest BCUT2D eigenvalue weighted by Crippen LogP contribution is -2.35. The molecule has 0 spiro atoms. The van der Waals surface area contributed by atoms with Gasteiger partial charge in [0.1, 0.15) is 12.4 Å². The Morgan fingerprint density at radius 2 is 2.50 bits per heavy atom. The molecular formula is C9H14N3+. The SMILES string of the molecule is CCC[n+]1cc[nH]c1CCC#N. The van der Waals surface area contributed by atoms with Crippen molar-refractivity contribution in [2.24, 2.45) is 0 Å². The van der Waals surface area contributed by atoms with E-state index in [9.17, 15) is 0 Å². The molecule has 1 heterocycles. The highest BCUT2D eigenvalue weighted by molar-refractivity contribution is 4.82. The number of nitrogens with one attached hydrogen (secondary N) is 1. The van der Waals surface area contributed by atoms with Crippen LogP contribution in [0.1, 0.15) is 25.6 Å². The second-order valence-electron chi connectivity index (χ2n) is 2.76. The number of nitriles is 1. The molecule has 1 N–H and O–H groups in total. The molecule has 0 aliphatic carbocycles. The number of rotatable bonds is 4. The summed E-state index contributed by atoms with van der Waals surface area (Å²) in [6, 6.07) is 2.14. The van der Waals surface area contributed by atoms with Gasteiger partial charge in [0.15, 0.2) is 0 Å². The molecule has 0 aromatic carbocycles. The number of H-pyrrole nitrogens is 1. The van der Waals surface area contributed by atoms with Crippen molar-refractivity contribution < 1.29 is 4.57 Å². The third kappa shape index (κ3) is 2.09. The van der Waals surface area contributed by atoms with Gasteiger partial charge in [-0.15, -0.1) is 0 Å². The molecule has 3 nitrogen and oxygen atoms in total. The normalized spacial score (nSPS) is 9.67. The lowest BCUT2D eigenvalue weighted by Gasteiger charge is -1.95. The van der Waals surface area contributed by atoms with Gasteiger partial charge in [0, 0.05) is 6.42 Å². The van der Waals surface area contributed by atoms with E-state index in [0.717, 1.165) is 25.2 Å². The van der Waals surface area contributed by atoms with Crippen LogP contribution in [-0.4, -0.2) is 4.98 Å². The largest absolute Gasteiger partial charge is 0.255 e. The van der Waals surface area contributed by atoms with Crippen LogP contribution < -0.4 is 4.57 Å². The van der Waals surface area contributed by atoms with E-state index in [1.807, 2.05) is 12.4 Å². The Bertz CT molecular complexity index is 270. The molecule has 0 atom stereocenters. The van der Waals surface area contributed by atoms with Crippen molar-refractivity contribution in [3.8, 4) is 6.07 Å². The maximum Gasteiger partial charge on any atom is 0.255 e. The van der Waals surface area contributed by atoms with E-state index < -0.39 is 0 Å². The first kappa shape index (κ1) is 8.79. The van der Waals surface area contributed by atoms with E-state index in [4.69, 9.17) is 5.26 Å². The highest BCUT2D eigenvalue weighted by Gasteiger charge is 2.07. The topological polar surface area (TPSA) is 43.5 Å². The Morgan fingerprint density at radius 1 is 1.67 bits per heavy atom. The third-order valence-electron chi connectivity index (χ3n) is 1.79. The molecule has 0 unspecified atom stereocenters. The number of aromatic amines is 1. The molecule has 0 bridgehead atoms. The molecule has 0 aliphatic rings. The van der Waals surface area contributed by atoms with Gasteiger partial charge in [0.05, 0.1) is 19.0 Å². The van der Waals surface area contributed by atoms with Crippen molar-refractivity contribution in [1.82, 2.24) is 4.98 Å². The monoisotopic (exact) mass is 164 g/mol. The zero-order chi connectivity index (χ0) is 8.81. The first-order valence-electron chi connectivity index (χ1n) is 4.31. The summed E-state index contributed by atoms with van der Waals surface area (Å²) in [6.45, 7) is 3.18. The molecular weight excluding hydrogens is 150 g/mol. The van der Waals surface area contributed by atoms with Gasteiger partial charge in [-0.2, -0.15) is 5.26 Å². The van der Waals surface area contributed by atoms with Crippen molar-refractivity contribution in [3.63, 3.8) is 0 Å². The fourth-order valence-electron chi connectivity index (χ4n) is 1.24. The predicted molar refractivity (Wildman–Crippen MR) is 45.2 cm³/mol. The van der Waals surface area contributed by atoms with Gasteiger partial charge in [-0.3, -0.25) is 0 Å². The molecule has 12 heavy (non-hydrogen) atoms. The van der Waals surface area contributed by atoms with Crippen molar-refractivity contribution in [3.05, 3.63) is 18.2 Å². The summed E-state index contributed by atoms with van der Waals surface area (Å²) >= 11 is 0. The van der Waals surface area contributed by atoms with E-state index >= 15 is 0 Å². The standard InChI is InChI=1S/C9H13N3/c1-2-7-12-8-6-11-9(12)4-3-5-10/h6,8H,2-4,7H2,1H3/p+1. The van der Waals surface area contributed by atoms with Gasteiger partial charge in [-0.05, 0) is 6.42 Å². The molecule has 0 saturated carbocycles. The summed E-state index contributed by atoms with van der Waals surface area (Å²) < 4.78 is 2.16. The molecule has 0 saturated heterocycles. The Balaban J connectivity index is 2.58. The van der Waals surface area contributed by atoms with Gasteiger partial charge >= 0.3 is 0 Å². The number of aryl methyl sites for hydroxylation is 2. The fraction of sp³-hybridized carbons (Fsp3) is 0.556. The van der Waals surface area contributed by atoms with E-state index in [0.29, 0.717) is 6.42 Å². The molecule has 1 rings (SSSR count). The van der Waals surface area contributed by atoms with Crippen LogP contribution in [0.2, 0.25) is 0 Å². The minimum Gasteiger partial charge on any atom is -0.248 e. The van der Waals surface area contributed by atoms with Crippen LogP contribution in [0, 0.1) is 11.3 Å². The number of imidazole rings is 1. The van der Waals surface area contributed by atoms with Crippen LogP contribution >= 0.6 is 0 Å². The Hall–Kier alpha value is -1.30. The summed E-state index contributed by atoms with van der Waals surface area (Å²) in [7, 11) is 0. The predicted octanol–water partition coefficient (Wildman–Crippen LogP) is 1.17. The zero-order valence-electron chi connectivity index (χ0n) is 7.38. The van der Waals surface area contributed by atoms with Crippen LogP contribution in [0.15, 0.2) is 12.4 Å². The molecule has 1 aromatic rings. The zero-order valence-corrected chi connectivity index (χ0v) is 7.38. The van der Waals surface area contributed by atoms with Crippen LogP contribution in [0.5, 0.6) is 0 Å². The number of hydrogen-bond donors (Lipinski definition) is 1. The molecule has 0 amide bonds. The first-order chi connectivity index (χ1) is 5.88. The van der Waals surface area contributed by atoms with E-state index in [1.165, 1.54) is 0 Å². The Morgan fingerprint density at radius 3 is 3.17 bits per heavy atom. The van der Waals surface area contributed by atoms with Crippen molar-refractivity contribution in [2.75, 3.05) is 0 Å². The highest BCUT2D eigenvalue weighted by Crippen LogP contribution is 1.92. The molecule has 3 heteroatoms. The third-order valence-corrected chi connectivity index (χ3v) is 1.79. The smallest absolute Gasteiger partial charge is 0.248 e. The van der Waals surface area contributed by atoms with Crippen molar-refractivity contribution in [2.45, 2.75) is 32.7 Å². The van der Waals surface area contributed by atoms with E-state index in [-0.39, 0.29) is 0 Å². The molecule has 0 radical (unpaired) electrons. The van der Waals surface area contributed by atoms with Gasteiger partial charge in [-0.25, -0.2) is 9.55 Å². The second kappa shape index (κ2) is 4.55. The second-order valence-corrected chi connectivity index (χ2v) is 2.76. The summed E-state index contributed by atoms with van der Waals surface area (Å²) in [5, 5.41) is 8.41. The van der Waals surface area contributed by atoms with Crippen LogP contribution in [0.3, 0.4) is 0 Å². The average molecular weight is 164 g/mol. The van der Waals surface area contributed by atoms with Gasteiger partial charge < -0.3 is 0 Å². The van der Waals surface area contributed by atoms with E-state index in [1.54, 1.807) is 0 Å². The maximum absolute atomic E-state index is 8.41. The average Bonchev–Trinajstić information content (AvgIpc) is 2.50. The quantitative estimate of drug-likeness (QED) is 0.667. The maximum atomic E-state index is 8.41. The van der Waals surface area contributed by atoms with Gasteiger partial charge in [0.2, 0.25) is 0 Å². The van der Waals surface area contributed by atoms with Crippen LogP contribution in [-0.2, 0) is 13.0 Å². The number of aromatic nitrogens is 2. The molecule has 64 valence electrons. The van der Waals surface area contributed by atoms with E-state index in [2.05, 4.69) is 22.5 Å². The molecule has 0 fully saturated rings. The Kier molecular flexibility index (Phi) is 3.34. The Labute approximate surface area is 72.7 Å². The summed E-state index contributed by atoms with van der Waals surface area (Å²) in [6.07, 6.45) is 6.48. The van der Waals surface area contributed by atoms with Crippen molar-refractivity contribution >= 4 is 0 Å². The number of hydrogen-bond acceptors (Lipinski definition) is 1. The lowest BCUT2D eigenvalue weighted by molar-refractivity contribution is -0.702. The minimum absolute atomic E-state index is 0.588. The fourth-order valence-corrected chi connectivity index (χ4v) is 1.24. The first-order valence-corrected chi connectivity index (χ1v) is 4.31. The molecule has 0 aliphatic heterocycles. The van der Waals surface area contributed by atoms with Crippen molar-refractivity contribution in [1.29, 1.82) is 5.26 Å². The minimum atomic E-state index is 0.588. The summed E-state index contributed by atoms with van der Waals surface area (Å²) in [5.74, 6) is 1.15. The van der Waals surface area contributed by atoms with Gasteiger partial charge in [0.25, 0.3) is 5.82 Å². The van der Waals surface area contributed by atoms with Crippen LogP contribution in [0.4, 0.5) is 0 Å². The highest BCUT2D eigenvalue weighted by atomic mass is 15.1. The van der Waals surface area contributed by atoms with Gasteiger partial charge in [-0.1, -0.05) is 6.92 Å². The summed E-state index contributed by atoms with van der Waals surface area (Å²) in [5.41, 5.74) is 0. The number of nitrogens with zero attached hydrogens (tertiary/aromatic N) is 2. The van der Waals surface area contributed by atoms with Crippen LogP contribution in [0.25, 0.3) is 0 Å². The lowest BCUT2D eigenvalue weighted by atomic mass is 10.3. The summed E-state index contributed by atoms with van der Waals surface area (Å²) in [4.78, 5) is 3.14. The molecule has 1 aromatic heterocycles.